The molecule has 0 saturated heterocycles. The second-order valence-corrected chi connectivity index (χ2v) is 3.46. The lowest BCUT2D eigenvalue weighted by molar-refractivity contribution is 0.604. The first-order chi connectivity index (χ1) is 5.31. The van der Waals surface area contributed by atoms with Crippen LogP contribution in [0.1, 0.15) is 31.9 Å². The Bertz CT molecular complexity index is 252. The second kappa shape index (κ2) is 2.36. The molecule has 2 nitrogen and oxygen atoms in total. The molecule has 0 aliphatic heterocycles. The molecule has 1 saturated carbocycles. The average Bonchev–Trinajstić information content (AvgIpc) is 2.59. The Kier molecular flexibility index (Phi) is 1.48. The smallest absolute Gasteiger partial charge is 0.0548 e. The first kappa shape index (κ1) is 6.89. The molecule has 0 radical (unpaired) electrons. The molecular weight excluding hydrogens is 136 g/mol. The Hall–Kier alpha value is -0.790. The highest BCUT2D eigenvalue weighted by atomic mass is 15.3. The molecular formula is C9H14N2. The van der Waals surface area contributed by atoms with Gasteiger partial charge in [0.25, 0.3) is 0 Å². The summed E-state index contributed by atoms with van der Waals surface area (Å²) in [7, 11) is 0. The van der Waals surface area contributed by atoms with Crippen LogP contribution in [0.3, 0.4) is 0 Å². The minimum Gasteiger partial charge on any atom is -0.269 e. The van der Waals surface area contributed by atoms with Gasteiger partial charge in [-0.15, -0.1) is 0 Å². The van der Waals surface area contributed by atoms with Gasteiger partial charge in [0.1, 0.15) is 0 Å². The first-order valence-electron chi connectivity index (χ1n) is 4.34. The van der Waals surface area contributed by atoms with E-state index in [0.29, 0.717) is 6.04 Å². The van der Waals surface area contributed by atoms with Crippen molar-refractivity contribution in [3.63, 3.8) is 0 Å². The lowest BCUT2D eigenvalue weighted by atomic mass is 10.3. The van der Waals surface area contributed by atoms with Crippen molar-refractivity contribution in [2.24, 2.45) is 5.92 Å². The Morgan fingerprint density at radius 3 is 2.91 bits per heavy atom. The fourth-order valence-corrected chi connectivity index (χ4v) is 1.41. The normalized spacial score (nSPS) is 28.9. The maximum Gasteiger partial charge on any atom is 0.0548 e. The van der Waals surface area contributed by atoms with E-state index in [0.717, 1.165) is 12.3 Å². The van der Waals surface area contributed by atoms with Crippen molar-refractivity contribution in [1.29, 1.82) is 0 Å². The highest BCUT2D eigenvalue weighted by molar-refractivity contribution is 5.05. The van der Waals surface area contributed by atoms with Gasteiger partial charge in [0.2, 0.25) is 0 Å². The summed E-state index contributed by atoms with van der Waals surface area (Å²) in [5.41, 5.74) is 1.35. The van der Waals surface area contributed by atoms with E-state index in [9.17, 15) is 0 Å². The molecule has 1 fully saturated rings. The van der Waals surface area contributed by atoms with Gasteiger partial charge in [-0.1, -0.05) is 13.8 Å². The van der Waals surface area contributed by atoms with Gasteiger partial charge < -0.3 is 0 Å². The lowest BCUT2D eigenvalue weighted by Crippen LogP contribution is -1.94. The van der Waals surface area contributed by atoms with Crippen molar-refractivity contribution in [3.8, 4) is 0 Å². The standard InChI is InChI=1S/C9H14N2/c1-3-8-5-10-11(6-8)9-4-7(9)2/h5-7,9H,3-4H2,1-2H3/t7-,9-/m1/s1. The summed E-state index contributed by atoms with van der Waals surface area (Å²) in [5, 5.41) is 4.32. The number of nitrogens with zero attached hydrogens (tertiary/aromatic N) is 2. The molecule has 0 amide bonds. The van der Waals surface area contributed by atoms with Gasteiger partial charge >= 0.3 is 0 Å². The van der Waals surface area contributed by atoms with Crippen LogP contribution in [-0.4, -0.2) is 9.78 Å². The Balaban J connectivity index is 2.13. The Morgan fingerprint density at radius 1 is 1.73 bits per heavy atom. The lowest BCUT2D eigenvalue weighted by Gasteiger charge is -1.94. The summed E-state index contributed by atoms with van der Waals surface area (Å²) >= 11 is 0. The van der Waals surface area contributed by atoms with Crippen LogP contribution in [-0.2, 0) is 6.42 Å². The molecule has 0 aromatic carbocycles. The fraction of sp³-hybridized carbons (Fsp3) is 0.667. The highest BCUT2D eigenvalue weighted by Gasteiger charge is 2.34. The van der Waals surface area contributed by atoms with Crippen LogP contribution in [0.5, 0.6) is 0 Å². The van der Waals surface area contributed by atoms with Gasteiger partial charge in [-0.3, -0.25) is 4.68 Å². The van der Waals surface area contributed by atoms with E-state index in [1.807, 2.05) is 6.20 Å². The zero-order valence-corrected chi connectivity index (χ0v) is 7.12. The predicted molar refractivity (Wildman–Crippen MR) is 44.4 cm³/mol. The zero-order valence-electron chi connectivity index (χ0n) is 7.12. The van der Waals surface area contributed by atoms with Crippen molar-refractivity contribution in [1.82, 2.24) is 9.78 Å². The van der Waals surface area contributed by atoms with Gasteiger partial charge in [0, 0.05) is 6.20 Å². The second-order valence-electron chi connectivity index (χ2n) is 3.46. The summed E-state index contributed by atoms with van der Waals surface area (Å²) in [6.45, 7) is 4.44. The molecule has 0 bridgehead atoms. The van der Waals surface area contributed by atoms with Crippen molar-refractivity contribution in [3.05, 3.63) is 18.0 Å². The van der Waals surface area contributed by atoms with Crippen LogP contribution in [0.15, 0.2) is 12.4 Å². The molecule has 1 aromatic heterocycles. The molecule has 0 unspecified atom stereocenters. The van der Waals surface area contributed by atoms with E-state index in [1.165, 1.54) is 12.0 Å². The van der Waals surface area contributed by atoms with Crippen LogP contribution >= 0.6 is 0 Å². The minimum atomic E-state index is 0.704. The molecule has 2 rings (SSSR count). The highest BCUT2D eigenvalue weighted by Crippen LogP contribution is 2.41. The summed E-state index contributed by atoms with van der Waals surface area (Å²) in [5.74, 6) is 0.847. The van der Waals surface area contributed by atoms with E-state index in [4.69, 9.17) is 0 Å². The van der Waals surface area contributed by atoms with E-state index >= 15 is 0 Å². The number of aryl methyl sites for hydroxylation is 1. The van der Waals surface area contributed by atoms with Crippen molar-refractivity contribution >= 4 is 0 Å². The molecule has 1 aliphatic rings. The SMILES string of the molecule is CCc1cnn([C@@H]2C[C@H]2C)c1. The van der Waals surface area contributed by atoms with Crippen molar-refractivity contribution in [2.75, 3.05) is 0 Å². The third-order valence-electron chi connectivity index (χ3n) is 2.47. The molecule has 1 aliphatic carbocycles. The summed E-state index contributed by atoms with van der Waals surface area (Å²) < 4.78 is 2.11. The van der Waals surface area contributed by atoms with Gasteiger partial charge in [0.05, 0.1) is 12.2 Å². The van der Waals surface area contributed by atoms with Gasteiger partial charge in [-0.25, -0.2) is 0 Å². The topological polar surface area (TPSA) is 17.8 Å². The summed E-state index contributed by atoms with van der Waals surface area (Å²) in [4.78, 5) is 0. The average molecular weight is 150 g/mol. The van der Waals surface area contributed by atoms with Gasteiger partial charge in [0.15, 0.2) is 0 Å². The van der Waals surface area contributed by atoms with E-state index < -0.39 is 0 Å². The number of hydrogen-bond donors (Lipinski definition) is 0. The van der Waals surface area contributed by atoms with Gasteiger partial charge in [-0.2, -0.15) is 5.10 Å². The predicted octanol–water partition coefficient (Wildman–Crippen LogP) is 2.03. The molecule has 1 heterocycles. The maximum absolute atomic E-state index is 4.32. The minimum absolute atomic E-state index is 0.704. The molecule has 60 valence electrons. The maximum atomic E-state index is 4.32. The van der Waals surface area contributed by atoms with Gasteiger partial charge in [-0.05, 0) is 24.3 Å². The molecule has 0 N–H and O–H groups in total. The molecule has 2 atom stereocenters. The Labute approximate surface area is 67.2 Å². The monoisotopic (exact) mass is 150 g/mol. The number of aromatic nitrogens is 2. The largest absolute Gasteiger partial charge is 0.269 e. The third-order valence-corrected chi connectivity index (χ3v) is 2.47. The van der Waals surface area contributed by atoms with E-state index in [2.05, 4.69) is 29.8 Å². The van der Waals surface area contributed by atoms with Crippen molar-refractivity contribution in [2.45, 2.75) is 32.7 Å². The first-order valence-corrected chi connectivity index (χ1v) is 4.34. The number of hydrogen-bond acceptors (Lipinski definition) is 1. The van der Waals surface area contributed by atoms with E-state index in [1.54, 1.807) is 0 Å². The summed E-state index contributed by atoms with van der Waals surface area (Å²) in [6, 6.07) is 0.704. The van der Waals surface area contributed by atoms with Crippen molar-refractivity contribution < 1.29 is 0 Å². The fourth-order valence-electron chi connectivity index (χ4n) is 1.41. The molecule has 0 spiro atoms. The molecule has 1 aromatic rings. The quantitative estimate of drug-likeness (QED) is 0.630. The zero-order chi connectivity index (χ0) is 7.84. The van der Waals surface area contributed by atoms with Crippen LogP contribution in [0, 0.1) is 5.92 Å². The van der Waals surface area contributed by atoms with Crippen LogP contribution in [0.4, 0.5) is 0 Å². The Morgan fingerprint density at radius 2 is 2.45 bits per heavy atom. The van der Waals surface area contributed by atoms with Crippen LogP contribution in [0.25, 0.3) is 0 Å². The number of rotatable bonds is 2. The summed E-state index contributed by atoms with van der Waals surface area (Å²) in [6.07, 6.45) is 6.56. The third kappa shape index (κ3) is 1.17. The van der Waals surface area contributed by atoms with E-state index in [-0.39, 0.29) is 0 Å². The molecule has 11 heavy (non-hydrogen) atoms. The van der Waals surface area contributed by atoms with Crippen LogP contribution in [0.2, 0.25) is 0 Å². The molecule has 2 heteroatoms. The van der Waals surface area contributed by atoms with Crippen LogP contribution < -0.4 is 0 Å².